The third-order valence-corrected chi connectivity index (χ3v) is 5.61. The van der Waals surface area contributed by atoms with Crippen molar-refractivity contribution in [3.63, 3.8) is 0 Å². The van der Waals surface area contributed by atoms with Gasteiger partial charge in [-0.3, -0.25) is 9.59 Å². The highest BCUT2D eigenvalue weighted by atomic mass is 16.7. The Hall–Kier alpha value is -1.50. The fourth-order valence-corrected chi connectivity index (χ4v) is 3.99. The van der Waals surface area contributed by atoms with Crippen LogP contribution in [0.3, 0.4) is 0 Å². The molecule has 1 spiro atoms. The second-order valence-corrected chi connectivity index (χ2v) is 7.77. The molecule has 0 bridgehead atoms. The van der Waals surface area contributed by atoms with Crippen LogP contribution < -0.4 is 5.32 Å². The van der Waals surface area contributed by atoms with Crippen molar-refractivity contribution in [1.82, 2.24) is 5.32 Å². The lowest BCUT2D eigenvalue weighted by Crippen LogP contribution is -2.46. The Morgan fingerprint density at radius 2 is 2.04 bits per heavy atom. The first kappa shape index (κ1) is 20.2. The van der Waals surface area contributed by atoms with E-state index in [1.807, 2.05) is 6.08 Å². The van der Waals surface area contributed by atoms with Crippen LogP contribution in [0, 0.1) is 0 Å². The fourth-order valence-electron chi connectivity index (χ4n) is 3.99. The van der Waals surface area contributed by atoms with Crippen molar-refractivity contribution in [2.24, 2.45) is 0 Å². The van der Waals surface area contributed by atoms with Crippen molar-refractivity contribution in [3.05, 3.63) is 24.3 Å². The quantitative estimate of drug-likeness (QED) is 0.347. The fraction of sp³-hybridized carbons (Fsp3) is 0.714. The first-order valence-electron chi connectivity index (χ1n) is 10.3. The number of aliphatic hydroxyl groups excluding tert-OH is 1. The largest absolute Gasteiger partial charge is 0.366 e. The van der Waals surface area contributed by atoms with Gasteiger partial charge in [0.1, 0.15) is 12.2 Å². The van der Waals surface area contributed by atoms with E-state index >= 15 is 0 Å². The maximum Gasteiger partial charge on any atom is 0.244 e. The van der Waals surface area contributed by atoms with E-state index in [1.165, 1.54) is 50.7 Å². The third-order valence-electron chi connectivity index (χ3n) is 5.61. The predicted octanol–water partition coefficient (Wildman–Crippen LogP) is 2.55. The van der Waals surface area contributed by atoms with Crippen molar-refractivity contribution >= 4 is 11.7 Å². The molecule has 2 aliphatic heterocycles. The van der Waals surface area contributed by atoms with Gasteiger partial charge < -0.3 is 19.9 Å². The second-order valence-electron chi connectivity index (χ2n) is 7.77. The zero-order valence-corrected chi connectivity index (χ0v) is 16.1. The van der Waals surface area contributed by atoms with Crippen LogP contribution in [-0.2, 0) is 19.1 Å². The summed E-state index contributed by atoms with van der Waals surface area (Å²) in [6.07, 6.45) is 14.7. The summed E-state index contributed by atoms with van der Waals surface area (Å²) in [7, 11) is 0. The molecule has 27 heavy (non-hydrogen) atoms. The SMILES string of the molecule is CCCCCCCCCC=CC(=O)N[C@H]1C[C@@]2(O[C@H]1O)C(=O)C=C[C@@H]1O[C@@H]12. The van der Waals surface area contributed by atoms with Crippen LogP contribution >= 0.6 is 0 Å². The molecule has 0 unspecified atom stereocenters. The number of unbranched alkanes of at least 4 members (excludes halogenated alkanes) is 7. The minimum Gasteiger partial charge on any atom is -0.366 e. The highest BCUT2D eigenvalue weighted by Crippen LogP contribution is 2.47. The van der Waals surface area contributed by atoms with Crippen LogP contribution in [0.2, 0.25) is 0 Å². The molecule has 0 aromatic rings. The number of ether oxygens (including phenoxy) is 2. The first-order chi connectivity index (χ1) is 13.1. The molecule has 0 aromatic carbocycles. The summed E-state index contributed by atoms with van der Waals surface area (Å²) in [5.74, 6) is -0.471. The Kier molecular flexibility index (Phi) is 6.84. The van der Waals surface area contributed by atoms with Crippen LogP contribution in [0.15, 0.2) is 24.3 Å². The van der Waals surface area contributed by atoms with Gasteiger partial charge in [-0.25, -0.2) is 0 Å². The van der Waals surface area contributed by atoms with E-state index < -0.39 is 17.9 Å². The van der Waals surface area contributed by atoms with Gasteiger partial charge in [0, 0.05) is 6.42 Å². The lowest BCUT2D eigenvalue weighted by molar-refractivity contribution is -0.166. The number of epoxide rings is 1. The number of allylic oxidation sites excluding steroid dienone is 1. The Morgan fingerprint density at radius 3 is 2.81 bits per heavy atom. The van der Waals surface area contributed by atoms with Crippen LogP contribution in [0.25, 0.3) is 0 Å². The van der Waals surface area contributed by atoms with Gasteiger partial charge in [0.05, 0.1) is 6.04 Å². The minimum atomic E-state index is -1.20. The summed E-state index contributed by atoms with van der Waals surface area (Å²) in [5.41, 5.74) is -1.15. The summed E-state index contributed by atoms with van der Waals surface area (Å²) >= 11 is 0. The van der Waals surface area contributed by atoms with Crippen LogP contribution in [0.4, 0.5) is 0 Å². The van der Waals surface area contributed by atoms with Gasteiger partial charge in [0.25, 0.3) is 0 Å². The summed E-state index contributed by atoms with van der Waals surface area (Å²) in [6, 6.07) is -0.610. The standard InChI is InChI=1S/C21H31NO5/c1-2-3-4-5-6-7-8-9-10-11-18(24)22-15-14-21(27-20(15)25)17(23)13-12-16-19(21)26-16/h10-13,15-16,19-20,25H,2-9,14H2,1H3,(H,22,24)/t15-,16-,19-,20+,21+/m0/s1. The average molecular weight is 377 g/mol. The van der Waals surface area contributed by atoms with Gasteiger partial charge >= 0.3 is 0 Å². The molecule has 1 aliphatic carbocycles. The van der Waals surface area contributed by atoms with Gasteiger partial charge in [-0.2, -0.15) is 0 Å². The summed E-state index contributed by atoms with van der Waals surface area (Å²) in [6.45, 7) is 2.22. The first-order valence-corrected chi connectivity index (χ1v) is 10.3. The van der Waals surface area contributed by atoms with E-state index in [2.05, 4.69) is 12.2 Å². The molecular formula is C21H31NO5. The molecule has 2 heterocycles. The molecule has 2 N–H and O–H groups in total. The van der Waals surface area contributed by atoms with E-state index in [0.29, 0.717) is 0 Å². The molecule has 150 valence electrons. The number of hydrogen-bond donors (Lipinski definition) is 2. The number of rotatable bonds is 10. The van der Waals surface area contributed by atoms with Crippen molar-refractivity contribution in [3.8, 4) is 0 Å². The Bertz CT molecular complexity index is 601. The van der Waals surface area contributed by atoms with E-state index in [-0.39, 0.29) is 30.3 Å². The topological polar surface area (TPSA) is 88.2 Å². The number of hydrogen-bond acceptors (Lipinski definition) is 5. The summed E-state index contributed by atoms with van der Waals surface area (Å²) < 4.78 is 11.0. The monoisotopic (exact) mass is 377 g/mol. The molecule has 3 rings (SSSR count). The van der Waals surface area contributed by atoms with Gasteiger partial charge in [0.15, 0.2) is 17.7 Å². The molecular weight excluding hydrogens is 346 g/mol. The van der Waals surface area contributed by atoms with Crippen molar-refractivity contribution < 1.29 is 24.2 Å². The van der Waals surface area contributed by atoms with Crippen molar-refractivity contribution in [2.45, 2.75) is 94.9 Å². The molecule has 2 saturated heterocycles. The molecule has 0 radical (unpaired) electrons. The number of aliphatic hydroxyl groups is 1. The Balaban J connectivity index is 1.36. The molecule has 1 amide bonds. The molecule has 0 saturated carbocycles. The molecule has 5 atom stereocenters. The number of carbonyl (C=O) groups excluding carboxylic acids is 2. The molecule has 6 heteroatoms. The van der Waals surface area contributed by atoms with Gasteiger partial charge in [0.2, 0.25) is 5.91 Å². The van der Waals surface area contributed by atoms with E-state index in [4.69, 9.17) is 9.47 Å². The average Bonchev–Trinajstić information content (AvgIpc) is 3.37. The highest BCUT2D eigenvalue weighted by Gasteiger charge is 2.65. The van der Waals surface area contributed by atoms with E-state index in [9.17, 15) is 14.7 Å². The number of nitrogens with one attached hydrogen (secondary N) is 1. The normalized spacial score (nSPS) is 34.4. The van der Waals surface area contributed by atoms with Gasteiger partial charge in [-0.15, -0.1) is 0 Å². The van der Waals surface area contributed by atoms with Crippen LogP contribution in [-0.4, -0.2) is 46.9 Å². The zero-order chi connectivity index (χ0) is 19.3. The molecule has 2 fully saturated rings. The third kappa shape index (κ3) is 4.86. The number of ketones is 1. The Labute approximate surface area is 161 Å². The Morgan fingerprint density at radius 1 is 1.30 bits per heavy atom. The molecule has 6 nitrogen and oxygen atoms in total. The van der Waals surface area contributed by atoms with Crippen LogP contribution in [0.1, 0.15) is 64.7 Å². The maximum atomic E-state index is 12.3. The molecule has 0 aromatic heterocycles. The highest BCUT2D eigenvalue weighted by molar-refractivity contribution is 6.00. The van der Waals surface area contributed by atoms with E-state index in [0.717, 1.165) is 12.8 Å². The van der Waals surface area contributed by atoms with Crippen molar-refractivity contribution in [1.29, 1.82) is 0 Å². The number of fused-ring (bicyclic) bond motifs is 2. The van der Waals surface area contributed by atoms with Gasteiger partial charge in [-0.05, 0) is 31.1 Å². The summed E-state index contributed by atoms with van der Waals surface area (Å²) in [5, 5.41) is 12.9. The lowest BCUT2D eigenvalue weighted by Gasteiger charge is -2.25. The number of carbonyl (C=O) groups is 2. The summed E-state index contributed by atoms with van der Waals surface area (Å²) in [4.78, 5) is 24.4. The van der Waals surface area contributed by atoms with E-state index in [1.54, 1.807) is 6.08 Å². The van der Waals surface area contributed by atoms with Crippen molar-refractivity contribution in [2.75, 3.05) is 0 Å². The van der Waals surface area contributed by atoms with Gasteiger partial charge in [-0.1, -0.05) is 51.5 Å². The zero-order valence-electron chi connectivity index (χ0n) is 16.1. The van der Waals surface area contributed by atoms with Crippen LogP contribution in [0.5, 0.6) is 0 Å². The maximum absolute atomic E-state index is 12.3. The predicted molar refractivity (Wildman–Crippen MR) is 101 cm³/mol. The smallest absolute Gasteiger partial charge is 0.244 e. The molecule has 3 aliphatic rings. The lowest BCUT2D eigenvalue weighted by atomic mass is 9.84. The number of amides is 1. The second kappa shape index (κ2) is 9.13. The minimum absolute atomic E-state index is 0.119.